The quantitative estimate of drug-likeness (QED) is 0.670. The molecule has 0 aliphatic carbocycles. The highest BCUT2D eigenvalue weighted by Gasteiger charge is 2.35. The van der Waals surface area contributed by atoms with Crippen LogP contribution in [0.25, 0.3) is 10.2 Å². The SMILES string of the molecule is Cc1cccc(OC(C)C(=O)N2CCCC2c2nc3ccccc3s2)c1. The van der Waals surface area contributed by atoms with E-state index < -0.39 is 6.10 Å². The van der Waals surface area contributed by atoms with E-state index in [0.717, 1.165) is 41.2 Å². The van der Waals surface area contributed by atoms with E-state index in [1.165, 1.54) is 4.70 Å². The number of ether oxygens (including phenoxy) is 1. The molecular weight excluding hydrogens is 344 g/mol. The second kappa shape index (κ2) is 7.08. The monoisotopic (exact) mass is 366 g/mol. The largest absolute Gasteiger partial charge is 0.481 e. The van der Waals surface area contributed by atoms with E-state index in [4.69, 9.17) is 9.72 Å². The van der Waals surface area contributed by atoms with Gasteiger partial charge in [0.15, 0.2) is 6.10 Å². The average molecular weight is 366 g/mol. The van der Waals surface area contributed by atoms with Gasteiger partial charge in [-0.2, -0.15) is 0 Å². The Labute approximate surface area is 157 Å². The third kappa shape index (κ3) is 3.31. The first-order chi connectivity index (χ1) is 12.6. The topological polar surface area (TPSA) is 42.4 Å². The maximum atomic E-state index is 13.0. The van der Waals surface area contributed by atoms with E-state index in [0.29, 0.717) is 0 Å². The van der Waals surface area contributed by atoms with Gasteiger partial charge < -0.3 is 9.64 Å². The summed E-state index contributed by atoms with van der Waals surface area (Å²) in [6.07, 6.45) is 1.46. The standard InChI is InChI=1S/C21H22N2O2S/c1-14-7-5-8-16(13-14)25-15(2)21(24)23-12-6-10-18(23)20-22-17-9-3-4-11-19(17)26-20/h3-5,7-9,11,13,15,18H,6,10,12H2,1-2H3. The third-order valence-corrected chi connectivity index (χ3v) is 5.92. The van der Waals surface area contributed by atoms with Crippen LogP contribution < -0.4 is 4.74 Å². The lowest BCUT2D eigenvalue weighted by atomic mass is 10.2. The van der Waals surface area contributed by atoms with Gasteiger partial charge in [0.25, 0.3) is 5.91 Å². The molecule has 1 fully saturated rings. The van der Waals surface area contributed by atoms with Crippen molar-refractivity contribution in [2.45, 2.75) is 38.8 Å². The van der Waals surface area contributed by atoms with Gasteiger partial charge in [-0.1, -0.05) is 24.3 Å². The minimum Gasteiger partial charge on any atom is -0.481 e. The molecule has 4 rings (SSSR count). The fourth-order valence-electron chi connectivity index (χ4n) is 3.50. The zero-order chi connectivity index (χ0) is 18.1. The molecular formula is C21H22N2O2S. The number of carbonyl (C=O) groups excluding carboxylic acids is 1. The number of likely N-dealkylation sites (tertiary alicyclic amines) is 1. The molecule has 1 amide bonds. The van der Waals surface area contributed by atoms with Gasteiger partial charge in [0.05, 0.1) is 16.3 Å². The number of thiazole rings is 1. The molecule has 2 atom stereocenters. The summed E-state index contributed by atoms with van der Waals surface area (Å²) in [5, 5.41) is 1.03. The minimum atomic E-state index is -0.508. The van der Waals surface area contributed by atoms with Crippen LogP contribution in [0.4, 0.5) is 0 Å². The van der Waals surface area contributed by atoms with E-state index in [9.17, 15) is 4.79 Å². The smallest absolute Gasteiger partial charge is 0.263 e. The lowest BCUT2D eigenvalue weighted by molar-refractivity contribution is -0.138. The Morgan fingerprint density at radius 2 is 2.12 bits per heavy atom. The molecule has 0 saturated carbocycles. The van der Waals surface area contributed by atoms with Crippen LogP contribution in [0.5, 0.6) is 5.75 Å². The predicted molar refractivity (Wildman–Crippen MR) is 105 cm³/mol. The van der Waals surface area contributed by atoms with Crippen molar-refractivity contribution in [2.75, 3.05) is 6.54 Å². The van der Waals surface area contributed by atoms with Gasteiger partial charge in [-0.3, -0.25) is 4.79 Å². The molecule has 0 N–H and O–H groups in total. The molecule has 0 bridgehead atoms. The summed E-state index contributed by atoms with van der Waals surface area (Å²) in [5.41, 5.74) is 2.13. The first kappa shape index (κ1) is 17.0. The lowest BCUT2D eigenvalue weighted by Crippen LogP contribution is -2.40. The molecule has 2 aromatic carbocycles. The molecule has 26 heavy (non-hydrogen) atoms. The number of hydrogen-bond acceptors (Lipinski definition) is 4. The van der Waals surface area contributed by atoms with Gasteiger partial charge in [0.1, 0.15) is 10.8 Å². The number of benzene rings is 2. The van der Waals surface area contributed by atoms with E-state index in [1.807, 2.05) is 61.2 Å². The molecule has 5 heteroatoms. The predicted octanol–water partition coefficient (Wildman–Crippen LogP) is 4.74. The number of rotatable bonds is 4. The highest BCUT2D eigenvalue weighted by atomic mass is 32.1. The highest BCUT2D eigenvalue weighted by molar-refractivity contribution is 7.18. The van der Waals surface area contributed by atoms with E-state index in [1.54, 1.807) is 11.3 Å². The van der Waals surface area contributed by atoms with Crippen LogP contribution in [0.3, 0.4) is 0 Å². The van der Waals surface area contributed by atoms with Crippen LogP contribution in [0.2, 0.25) is 0 Å². The molecule has 1 aliphatic rings. The Morgan fingerprint density at radius 1 is 1.27 bits per heavy atom. The molecule has 2 heterocycles. The number of carbonyl (C=O) groups is 1. The first-order valence-electron chi connectivity index (χ1n) is 9.01. The molecule has 4 nitrogen and oxygen atoms in total. The van der Waals surface area contributed by atoms with Gasteiger partial charge in [0, 0.05) is 6.54 Å². The first-order valence-corrected chi connectivity index (χ1v) is 9.83. The molecule has 3 aromatic rings. The van der Waals surface area contributed by atoms with Crippen LogP contribution in [-0.4, -0.2) is 28.4 Å². The lowest BCUT2D eigenvalue weighted by Gasteiger charge is -2.26. The Hall–Kier alpha value is -2.40. The number of aromatic nitrogens is 1. The van der Waals surface area contributed by atoms with Crippen molar-refractivity contribution in [1.29, 1.82) is 0 Å². The average Bonchev–Trinajstić information content (AvgIpc) is 3.27. The van der Waals surface area contributed by atoms with Crippen molar-refractivity contribution in [3.8, 4) is 5.75 Å². The maximum absolute atomic E-state index is 13.0. The summed E-state index contributed by atoms with van der Waals surface area (Å²) in [5.74, 6) is 0.773. The Balaban J connectivity index is 1.52. The van der Waals surface area contributed by atoms with E-state index in [2.05, 4.69) is 6.07 Å². The van der Waals surface area contributed by atoms with Gasteiger partial charge in [0.2, 0.25) is 0 Å². The fourth-order valence-corrected chi connectivity index (χ4v) is 4.61. The summed E-state index contributed by atoms with van der Waals surface area (Å²) >= 11 is 1.69. The van der Waals surface area contributed by atoms with Crippen molar-refractivity contribution >= 4 is 27.5 Å². The van der Waals surface area contributed by atoms with Crippen LogP contribution in [0.15, 0.2) is 48.5 Å². The normalized spacial score (nSPS) is 18.2. The molecule has 1 saturated heterocycles. The Kier molecular flexibility index (Phi) is 4.64. The van der Waals surface area contributed by atoms with Crippen molar-refractivity contribution in [2.24, 2.45) is 0 Å². The number of para-hydroxylation sites is 1. The van der Waals surface area contributed by atoms with Gasteiger partial charge >= 0.3 is 0 Å². The van der Waals surface area contributed by atoms with E-state index in [-0.39, 0.29) is 11.9 Å². The van der Waals surface area contributed by atoms with Crippen LogP contribution in [0.1, 0.15) is 36.4 Å². The van der Waals surface area contributed by atoms with Crippen molar-refractivity contribution < 1.29 is 9.53 Å². The minimum absolute atomic E-state index is 0.0354. The van der Waals surface area contributed by atoms with Crippen LogP contribution in [-0.2, 0) is 4.79 Å². The number of amides is 1. The van der Waals surface area contributed by atoms with Crippen molar-refractivity contribution in [3.63, 3.8) is 0 Å². The molecule has 1 aliphatic heterocycles. The zero-order valence-electron chi connectivity index (χ0n) is 15.0. The summed E-state index contributed by atoms with van der Waals surface area (Å²) < 4.78 is 7.08. The molecule has 134 valence electrons. The van der Waals surface area contributed by atoms with Crippen LogP contribution >= 0.6 is 11.3 Å². The van der Waals surface area contributed by atoms with Gasteiger partial charge in [-0.05, 0) is 56.5 Å². The zero-order valence-corrected chi connectivity index (χ0v) is 15.8. The molecule has 0 spiro atoms. The second-order valence-corrected chi connectivity index (χ2v) is 7.85. The summed E-state index contributed by atoms with van der Waals surface area (Å²) in [4.78, 5) is 19.7. The summed E-state index contributed by atoms with van der Waals surface area (Å²) in [7, 11) is 0. The van der Waals surface area contributed by atoms with E-state index >= 15 is 0 Å². The third-order valence-electron chi connectivity index (χ3n) is 4.78. The molecule has 1 aromatic heterocycles. The van der Waals surface area contributed by atoms with Crippen LogP contribution in [0, 0.1) is 6.92 Å². The summed E-state index contributed by atoms with van der Waals surface area (Å²) in [6.45, 7) is 4.61. The Morgan fingerprint density at radius 3 is 2.92 bits per heavy atom. The highest BCUT2D eigenvalue weighted by Crippen LogP contribution is 2.37. The number of hydrogen-bond donors (Lipinski definition) is 0. The van der Waals surface area contributed by atoms with Gasteiger partial charge in [-0.25, -0.2) is 4.98 Å². The van der Waals surface area contributed by atoms with Gasteiger partial charge in [-0.15, -0.1) is 11.3 Å². The fraction of sp³-hybridized carbons (Fsp3) is 0.333. The molecule has 0 radical (unpaired) electrons. The summed E-state index contributed by atoms with van der Waals surface area (Å²) in [6, 6.07) is 16.0. The number of aryl methyl sites for hydroxylation is 1. The van der Waals surface area contributed by atoms with Crippen molar-refractivity contribution in [1.82, 2.24) is 9.88 Å². The molecule has 2 unspecified atom stereocenters. The maximum Gasteiger partial charge on any atom is 0.263 e. The second-order valence-electron chi connectivity index (χ2n) is 6.79. The number of nitrogens with zero attached hydrogens (tertiary/aromatic N) is 2. The van der Waals surface area contributed by atoms with Crippen molar-refractivity contribution in [3.05, 3.63) is 59.1 Å². The number of fused-ring (bicyclic) bond motifs is 1. The Bertz CT molecular complexity index is 903.